The molecule has 62 heavy (non-hydrogen) atoms. The lowest BCUT2D eigenvalue weighted by Gasteiger charge is -2.25. The predicted octanol–water partition coefficient (Wildman–Crippen LogP) is 11.2. The van der Waals surface area contributed by atoms with Crippen LogP contribution in [-0.4, -0.2) is 65.6 Å². The monoisotopic (exact) mass is 848 g/mol. The number of benzene rings is 4. The number of carboxylic acids is 1. The number of rotatable bonds is 10. The SMILES string of the molecule is Cc1c(-c2cc(C(=O)OCc3ccc(OC4CCOCC4)c4c(C(=O)O)cc(-c5sc6ccccc6c5C)nc34)c3c(OC4CCOCC4)ccc(C)c3n2)oc2ccccc12. The Kier molecular flexibility index (Phi) is 10.6. The molecule has 2 fully saturated rings. The maximum atomic E-state index is 14.8. The zero-order valence-corrected chi connectivity index (χ0v) is 35.4. The summed E-state index contributed by atoms with van der Waals surface area (Å²) in [5.74, 6) is -0.241. The van der Waals surface area contributed by atoms with Gasteiger partial charge in [-0.2, -0.15) is 0 Å². The summed E-state index contributed by atoms with van der Waals surface area (Å²) in [6, 6.07) is 26.6. The second-order valence-electron chi connectivity index (χ2n) is 16.0. The summed E-state index contributed by atoms with van der Waals surface area (Å²) in [6.45, 7) is 8.04. The molecule has 1 N–H and O–H groups in total. The van der Waals surface area contributed by atoms with E-state index < -0.39 is 11.9 Å². The predicted molar refractivity (Wildman–Crippen MR) is 239 cm³/mol. The van der Waals surface area contributed by atoms with Crippen molar-refractivity contribution in [2.45, 2.75) is 65.3 Å². The molecule has 2 aliphatic heterocycles. The molecule has 4 aromatic carbocycles. The van der Waals surface area contributed by atoms with Crippen LogP contribution in [0, 0.1) is 20.8 Å². The number of para-hydroxylation sites is 1. The molecule has 0 spiro atoms. The summed E-state index contributed by atoms with van der Waals surface area (Å²) >= 11 is 1.56. The third kappa shape index (κ3) is 7.31. The molecule has 0 saturated carbocycles. The van der Waals surface area contributed by atoms with Gasteiger partial charge in [0.1, 0.15) is 41.6 Å². The Labute approximate surface area is 361 Å². The van der Waals surface area contributed by atoms with Gasteiger partial charge in [-0.3, -0.25) is 0 Å². The van der Waals surface area contributed by atoms with Crippen LogP contribution in [0.1, 0.15) is 68.7 Å². The van der Waals surface area contributed by atoms with Gasteiger partial charge in [-0.15, -0.1) is 11.3 Å². The van der Waals surface area contributed by atoms with Crippen molar-refractivity contribution in [3.8, 4) is 33.5 Å². The third-order valence-electron chi connectivity index (χ3n) is 12.0. The average molecular weight is 849 g/mol. The average Bonchev–Trinajstić information content (AvgIpc) is 3.82. The van der Waals surface area contributed by atoms with Gasteiger partial charge in [0.05, 0.1) is 69.9 Å². The van der Waals surface area contributed by atoms with E-state index in [1.54, 1.807) is 29.5 Å². The highest BCUT2D eigenvalue weighted by Gasteiger charge is 2.28. The number of hydrogen-bond donors (Lipinski definition) is 1. The van der Waals surface area contributed by atoms with Crippen molar-refractivity contribution in [3.63, 3.8) is 0 Å². The fourth-order valence-electron chi connectivity index (χ4n) is 8.69. The van der Waals surface area contributed by atoms with E-state index in [2.05, 4.69) is 6.07 Å². The number of aromatic nitrogens is 2. The number of carbonyl (C=O) groups is 2. The van der Waals surface area contributed by atoms with Crippen molar-refractivity contribution in [2.24, 2.45) is 0 Å². The van der Waals surface area contributed by atoms with Gasteiger partial charge in [0.15, 0.2) is 5.76 Å². The number of aromatic carboxylic acids is 1. The Morgan fingerprint density at radius 2 is 1.32 bits per heavy atom. The Bertz CT molecular complexity index is 3050. The van der Waals surface area contributed by atoms with Crippen LogP contribution in [0.2, 0.25) is 0 Å². The van der Waals surface area contributed by atoms with E-state index in [4.69, 9.17) is 38.1 Å². The van der Waals surface area contributed by atoms with Crippen molar-refractivity contribution < 1.29 is 42.8 Å². The van der Waals surface area contributed by atoms with Gasteiger partial charge in [0, 0.05) is 46.9 Å². The van der Waals surface area contributed by atoms with Crippen LogP contribution in [-0.2, 0) is 20.8 Å². The maximum Gasteiger partial charge on any atom is 0.339 e. The molecule has 0 unspecified atom stereocenters. The Hall–Kier alpha value is -6.34. The van der Waals surface area contributed by atoms with Crippen LogP contribution < -0.4 is 9.47 Å². The number of pyridine rings is 2. The number of carbonyl (C=O) groups excluding carboxylic acids is 1. The van der Waals surface area contributed by atoms with Gasteiger partial charge in [-0.05, 0) is 79.7 Å². The number of carboxylic acid groups (broad SMARTS) is 1. The molecule has 11 nitrogen and oxygen atoms in total. The van der Waals surface area contributed by atoms with Gasteiger partial charge in [0.2, 0.25) is 0 Å². The fourth-order valence-corrected chi connectivity index (χ4v) is 9.86. The third-order valence-corrected chi connectivity index (χ3v) is 13.3. The van der Waals surface area contributed by atoms with E-state index in [-0.39, 0.29) is 29.9 Å². The molecule has 0 amide bonds. The first kappa shape index (κ1) is 39.8. The first-order chi connectivity index (χ1) is 30.2. The molecule has 4 aromatic heterocycles. The molecule has 0 aliphatic carbocycles. The molecule has 314 valence electrons. The van der Waals surface area contributed by atoms with Crippen LogP contribution in [0.3, 0.4) is 0 Å². The second kappa shape index (κ2) is 16.5. The molecule has 0 bridgehead atoms. The Morgan fingerprint density at radius 3 is 2.00 bits per heavy atom. The van der Waals surface area contributed by atoms with Crippen LogP contribution >= 0.6 is 11.3 Å². The number of thiophene rings is 1. The molecular weight excluding hydrogens is 805 g/mol. The smallest absolute Gasteiger partial charge is 0.339 e. The van der Waals surface area contributed by atoms with Crippen molar-refractivity contribution in [1.82, 2.24) is 9.97 Å². The standard InChI is InChI=1S/C50H44N2O9S/c1-27-12-14-40(59-31-16-20-56-21-17-31)44-36(25-37(51-45(27)44)47-28(2)33-8-4-6-10-39(33)61-47)50(55)58-26-30-13-15-41(60-32-18-22-57-23-19-32)43-35(49(53)54)24-38(52-46(30)43)48-29(3)34-9-5-7-11-42(34)62-48/h4-15,24-25,31-32H,16-23,26H2,1-3H3,(H,53,54). The first-order valence-corrected chi connectivity index (χ1v) is 21.8. The summed E-state index contributed by atoms with van der Waals surface area (Å²) in [5.41, 5.74) is 6.29. The first-order valence-electron chi connectivity index (χ1n) is 21.0. The number of aryl methyl sites for hydroxylation is 3. The maximum absolute atomic E-state index is 14.8. The van der Waals surface area contributed by atoms with Crippen molar-refractivity contribution in [1.29, 1.82) is 0 Å². The van der Waals surface area contributed by atoms with E-state index in [0.29, 0.717) is 114 Å². The van der Waals surface area contributed by atoms with Crippen molar-refractivity contribution in [3.05, 3.63) is 118 Å². The summed E-state index contributed by atoms with van der Waals surface area (Å²) in [5, 5.41) is 13.7. The summed E-state index contributed by atoms with van der Waals surface area (Å²) < 4.78 is 38.0. The molecule has 2 saturated heterocycles. The Morgan fingerprint density at radius 1 is 0.710 bits per heavy atom. The number of furan rings is 1. The van der Waals surface area contributed by atoms with E-state index in [0.717, 1.165) is 37.0 Å². The fraction of sp³-hybridized carbons (Fsp3) is 0.280. The van der Waals surface area contributed by atoms with Crippen molar-refractivity contribution >= 4 is 66.1 Å². The van der Waals surface area contributed by atoms with Crippen LogP contribution in [0.15, 0.2) is 89.3 Å². The normalized spacial score (nSPS) is 15.1. The van der Waals surface area contributed by atoms with Gasteiger partial charge in [-0.1, -0.05) is 42.5 Å². The van der Waals surface area contributed by atoms with Crippen LogP contribution in [0.5, 0.6) is 11.5 Å². The molecule has 2 aliphatic rings. The largest absolute Gasteiger partial charge is 0.490 e. The summed E-state index contributed by atoms with van der Waals surface area (Å²) in [4.78, 5) is 39.1. The van der Waals surface area contributed by atoms with Gasteiger partial charge in [0.25, 0.3) is 0 Å². The van der Waals surface area contributed by atoms with E-state index in [1.165, 1.54) is 0 Å². The highest BCUT2D eigenvalue weighted by Crippen LogP contribution is 2.42. The van der Waals surface area contributed by atoms with E-state index in [9.17, 15) is 14.7 Å². The van der Waals surface area contributed by atoms with Gasteiger partial charge < -0.3 is 33.2 Å². The summed E-state index contributed by atoms with van der Waals surface area (Å²) in [7, 11) is 0. The highest BCUT2D eigenvalue weighted by atomic mass is 32.1. The topological polar surface area (TPSA) is 139 Å². The quantitative estimate of drug-likeness (QED) is 0.132. The minimum atomic E-state index is -1.12. The molecule has 0 radical (unpaired) electrons. The van der Waals surface area contributed by atoms with Gasteiger partial charge >= 0.3 is 11.9 Å². The molecule has 10 rings (SSSR count). The van der Waals surface area contributed by atoms with E-state index >= 15 is 0 Å². The lowest BCUT2D eigenvalue weighted by molar-refractivity contribution is 0.0258. The second-order valence-corrected chi connectivity index (χ2v) is 17.1. The Balaban J connectivity index is 1.10. The lowest BCUT2D eigenvalue weighted by atomic mass is 10.0. The minimum absolute atomic E-state index is 0.0495. The van der Waals surface area contributed by atoms with Crippen LogP contribution in [0.4, 0.5) is 0 Å². The number of nitrogens with zero attached hydrogens (tertiary/aromatic N) is 2. The zero-order valence-electron chi connectivity index (χ0n) is 34.6. The molecule has 0 atom stereocenters. The number of fused-ring (bicyclic) bond motifs is 4. The summed E-state index contributed by atoms with van der Waals surface area (Å²) in [6.07, 6.45) is 2.52. The van der Waals surface area contributed by atoms with Gasteiger partial charge in [-0.25, -0.2) is 19.6 Å². The van der Waals surface area contributed by atoms with E-state index in [1.807, 2.05) is 81.4 Å². The van der Waals surface area contributed by atoms with Crippen LogP contribution in [0.25, 0.3) is 64.9 Å². The number of esters is 1. The molecule has 12 heteroatoms. The lowest BCUT2D eigenvalue weighted by Crippen LogP contribution is -2.26. The minimum Gasteiger partial charge on any atom is -0.490 e. The molecule has 8 aromatic rings. The zero-order chi connectivity index (χ0) is 42.5. The number of ether oxygens (including phenoxy) is 5. The molecule has 6 heterocycles. The molecular formula is C50H44N2O9S. The number of hydrogen-bond acceptors (Lipinski definition) is 11. The highest BCUT2D eigenvalue weighted by molar-refractivity contribution is 7.22. The van der Waals surface area contributed by atoms with Crippen molar-refractivity contribution in [2.75, 3.05) is 26.4 Å².